The fourth-order valence-electron chi connectivity index (χ4n) is 2.36. The molecule has 20 heavy (non-hydrogen) atoms. The molecular formula is C11H20B4N2O3. The summed E-state index contributed by atoms with van der Waals surface area (Å²) in [5.74, 6) is 0. The molecule has 1 aliphatic rings. The van der Waals surface area contributed by atoms with Crippen molar-refractivity contribution in [3.05, 3.63) is 0 Å². The summed E-state index contributed by atoms with van der Waals surface area (Å²) in [4.78, 5) is 14.5. The van der Waals surface area contributed by atoms with Gasteiger partial charge >= 0.3 is 122 Å². The molecule has 1 aliphatic heterocycles. The Morgan fingerprint density at radius 3 is 2.70 bits per heavy atom. The molecule has 0 aliphatic carbocycles. The van der Waals surface area contributed by atoms with Gasteiger partial charge in [-0.1, -0.05) is 0 Å². The molecule has 9 heteroatoms. The monoisotopic (exact) mass is 272 g/mol. The van der Waals surface area contributed by atoms with Crippen LogP contribution in [0, 0.1) is 0 Å². The van der Waals surface area contributed by atoms with E-state index in [-0.39, 0.29) is 6.04 Å². The van der Waals surface area contributed by atoms with Crippen LogP contribution in [0.25, 0.3) is 0 Å². The summed E-state index contributed by atoms with van der Waals surface area (Å²) >= 11 is 0. The van der Waals surface area contributed by atoms with Crippen LogP contribution in [0.5, 0.6) is 0 Å². The summed E-state index contributed by atoms with van der Waals surface area (Å²) in [6, 6.07) is 0.217. The normalized spacial score (nSPS) is 20.4. The molecule has 104 valence electrons. The van der Waals surface area contributed by atoms with Crippen LogP contribution in [0.15, 0.2) is 0 Å². The predicted molar refractivity (Wildman–Crippen MR) is 87.6 cm³/mol. The molecule has 0 spiro atoms. The third-order valence-electron chi connectivity index (χ3n) is 3.38. The third kappa shape index (κ3) is 6.57. The Labute approximate surface area is 123 Å². The van der Waals surface area contributed by atoms with Crippen LogP contribution in [0.3, 0.4) is 0 Å². The van der Waals surface area contributed by atoms with Crippen molar-refractivity contribution in [1.29, 1.82) is 0 Å². The molecule has 5 nitrogen and oxygen atoms in total. The SMILES string of the molecule is B=B/C(=B\C(=B)NC(=O)OO)C1CCCCCCCN1. The second-order valence-corrected chi connectivity index (χ2v) is 4.94. The summed E-state index contributed by atoms with van der Waals surface area (Å²) in [6.07, 6.45) is 6.24. The van der Waals surface area contributed by atoms with E-state index in [0.29, 0.717) is 5.49 Å². The molecule has 0 aromatic heterocycles. The molecule has 0 aromatic carbocycles. The van der Waals surface area contributed by atoms with Crippen molar-refractivity contribution in [2.45, 2.75) is 44.6 Å². The Bertz CT molecular complexity index is 380. The molecule has 1 rings (SSSR count). The molecule has 3 N–H and O–H groups in total. The zero-order chi connectivity index (χ0) is 14.8. The van der Waals surface area contributed by atoms with Gasteiger partial charge < -0.3 is 0 Å². The average Bonchev–Trinajstić information content (AvgIpc) is 2.58. The number of nitrogens with one attached hydrogen (secondary N) is 2. The summed E-state index contributed by atoms with van der Waals surface area (Å²) in [7, 11) is 7.53. The van der Waals surface area contributed by atoms with E-state index in [2.05, 4.69) is 30.4 Å². The molecule has 1 unspecified atom stereocenters. The van der Waals surface area contributed by atoms with Gasteiger partial charge in [0.1, 0.15) is 0 Å². The Morgan fingerprint density at radius 1 is 1.30 bits per heavy atom. The Balaban J connectivity index is 2.67. The molecule has 1 saturated heterocycles. The van der Waals surface area contributed by atoms with Crippen LogP contribution in [-0.4, -0.2) is 63.4 Å². The van der Waals surface area contributed by atoms with Gasteiger partial charge in [0.15, 0.2) is 0 Å². The summed E-state index contributed by atoms with van der Waals surface area (Å²) in [6.45, 7) is 4.50. The standard InChI is InChI=1S/C11H20B4N2O3/c12-10(17-11(18)20-19)14-9(15-13)8-6-4-2-1-3-5-7-16-8/h8,12-13,16,19H,1-7H2,(H,17,18). The molecule has 1 heterocycles. The summed E-state index contributed by atoms with van der Waals surface area (Å²) < 4.78 is 0. The van der Waals surface area contributed by atoms with Crippen LogP contribution in [-0.2, 0) is 4.89 Å². The van der Waals surface area contributed by atoms with Gasteiger partial charge in [-0.2, -0.15) is 0 Å². The van der Waals surface area contributed by atoms with Gasteiger partial charge in [0.25, 0.3) is 0 Å². The van der Waals surface area contributed by atoms with E-state index in [1.54, 1.807) is 13.7 Å². The van der Waals surface area contributed by atoms with E-state index >= 15 is 0 Å². The maximum atomic E-state index is 10.9. The number of carbonyl (C=O) groups is 1. The topological polar surface area (TPSA) is 70.6 Å². The van der Waals surface area contributed by atoms with Crippen molar-refractivity contribution in [3.8, 4) is 0 Å². The average molecular weight is 272 g/mol. The fraction of sp³-hybridized carbons (Fsp3) is 0.727. The Morgan fingerprint density at radius 2 is 2.00 bits per heavy atom. The first-order valence-electron chi connectivity index (χ1n) is 7.06. The number of hydrogen-bond acceptors (Lipinski definition) is 4. The van der Waals surface area contributed by atoms with Crippen molar-refractivity contribution in [2.24, 2.45) is 0 Å². The van der Waals surface area contributed by atoms with Crippen molar-refractivity contribution < 1.29 is 14.9 Å². The van der Waals surface area contributed by atoms with Crippen molar-refractivity contribution in [2.75, 3.05) is 6.54 Å². The molecule has 0 saturated carbocycles. The first-order chi connectivity index (χ1) is 9.67. The van der Waals surface area contributed by atoms with Gasteiger partial charge in [-0.25, -0.2) is 0 Å². The fourth-order valence-corrected chi connectivity index (χ4v) is 2.36. The van der Waals surface area contributed by atoms with Gasteiger partial charge in [-0.05, 0) is 0 Å². The van der Waals surface area contributed by atoms with E-state index in [4.69, 9.17) is 5.26 Å². The molecule has 1 fully saturated rings. The van der Waals surface area contributed by atoms with Crippen LogP contribution >= 0.6 is 0 Å². The minimum atomic E-state index is -0.947. The number of carbonyl (C=O) groups excluding carboxylic acids is 1. The summed E-state index contributed by atoms with van der Waals surface area (Å²) in [5, 5.41) is 15.0. The Hall–Kier alpha value is -0.810. The zero-order valence-corrected chi connectivity index (χ0v) is 11.9. The van der Waals surface area contributed by atoms with E-state index in [0.717, 1.165) is 18.3 Å². The van der Waals surface area contributed by atoms with Crippen molar-refractivity contribution >= 4 is 45.5 Å². The Kier molecular flexibility index (Phi) is 8.62. The van der Waals surface area contributed by atoms with Gasteiger partial charge in [0.05, 0.1) is 0 Å². The van der Waals surface area contributed by atoms with Gasteiger partial charge in [-0.3, -0.25) is 0 Å². The van der Waals surface area contributed by atoms with Crippen LogP contribution in [0.4, 0.5) is 4.79 Å². The number of hydrogen-bond donors (Lipinski definition) is 3. The summed E-state index contributed by atoms with van der Waals surface area (Å²) in [5.41, 5.74) is 0.362. The maximum absolute atomic E-state index is 10.9. The number of rotatable bonds is 4. The van der Waals surface area contributed by atoms with Crippen LogP contribution in [0.1, 0.15) is 38.5 Å². The zero-order valence-electron chi connectivity index (χ0n) is 11.9. The molecule has 1 amide bonds. The van der Waals surface area contributed by atoms with Gasteiger partial charge in [-0.15, -0.1) is 0 Å². The number of amides is 1. The second kappa shape index (κ2) is 9.99. The predicted octanol–water partition coefficient (Wildman–Crippen LogP) is -1.16. The van der Waals surface area contributed by atoms with Crippen LogP contribution < -0.4 is 10.6 Å². The van der Waals surface area contributed by atoms with Crippen molar-refractivity contribution in [1.82, 2.24) is 10.6 Å². The van der Waals surface area contributed by atoms with E-state index < -0.39 is 6.09 Å². The quantitative estimate of drug-likeness (QED) is 0.343. The molecule has 0 bridgehead atoms. The molecular weight excluding hydrogens is 251 g/mol. The second-order valence-electron chi connectivity index (χ2n) is 4.94. The first kappa shape index (κ1) is 17.2. The van der Waals surface area contributed by atoms with E-state index in [9.17, 15) is 4.79 Å². The third-order valence-corrected chi connectivity index (χ3v) is 3.38. The van der Waals surface area contributed by atoms with Gasteiger partial charge in [0, 0.05) is 0 Å². The minimum absolute atomic E-state index is 0.217. The molecule has 0 radical (unpaired) electrons. The van der Waals surface area contributed by atoms with Crippen molar-refractivity contribution in [3.63, 3.8) is 0 Å². The molecule has 1 atom stereocenters. The van der Waals surface area contributed by atoms with E-state index in [1.807, 2.05) is 0 Å². The van der Waals surface area contributed by atoms with E-state index in [1.165, 1.54) is 32.1 Å². The first-order valence-corrected chi connectivity index (χ1v) is 7.06. The molecule has 0 aromatic rings. The van der Waals surface area contributed by atoms with Crippen LogP contribution in [0.2, 0.25) is 0 Å². The van der Waals surface area contributed by atoms with Gasteiger partial charge in [0.2, 0.25) is 0 Å².